The molecular formula is C24H31FN2O2. The Kier molecular flexibility index (Phi) is 8.84. The van der Waals surface area contributed by atoms with Crippen LogP contribution in [0.4, 0.5) is 4.39 Å². The number of benzene rings is 2. The summed E-state index contributed by atoms with van der Waals surface area (Å²) in [6, 6.07) is 15.4. The lowest BCUT2D eigenvalue weighted by Crippen LogP contribution is -2.52. The minimum absolute atomic E-state index is 0.0553. The van der Waals surface area contributed by atoms with Crippen molar-refractivity contribution in [2.45, 2.75) is 58.5 Å². The Morgan fingerprint density at radius 1 is 0.966 bits per heavy atom. The van der Waals surface area contributed by atoms with Crippen molar-refractivity contribution in [3.63, 3.8) is 0 Å². The number of rotatable bonds is 10. The maximum atomic E-state index is 13.2. The summed E-state index contributed by atoms with van der Waals surface area (Å²) in [4.78, 5) is 27.6. The molecule has 2 aromatic rings. The van der Waals surface area contributed by atoms with Gasteiger partial charge < -0.3 is 10.2 Å². The molecular weight excluding hydrogens is 367 g/mol. The molecule has 1 N–H and O–H groups in total. The van der Waals surface area contributed by atoms with E-state index in [0.29, 0.717) is 19.4 Å². The van der Waals surface area contributed by atoms with Crippen LogP contribution in [0, 0.1) is 5.82 Å². The molecule has 156 valence electrons. The number of amides is 2. The fourth-order valence-corrected chi connectivity index (χ4v) is 3.22. The first-order valence-corrected chi connectivity index (χ1v) is 10.3. The summed E-state index contributed by atoms with van der Waals surface area (Å²) >= 11 is 0. The van der Waals surface area contributed by atoms with Crippen molar-refractivity contribution in [1.82, 2.24) is 10.2 Å². The fraction of sp³-hybridized carbons (Fsp3) is 0.417. The first kappa shape index (κ1) is 22.6. The Bertz CT molecular complexity index is 777. The quantitative estimate of drug-likeness (QED) is 0.654. The van der Waals surface area contributed by atoms with Gasteiger partial charge in [-0.15, -0.1) is 0 Å². The van der Waals surface area contributed by atoms with Gasteiger partial charge in [-0.25, -0.2) is 4.39 Å². The summed E-state index contributed by atoms with van der Waals surface area (Å²) in [6.07, 6.45) is 2.17. The summed E-state index contributed by atoms with van der Waals surface area (Å²) in [7, 11) is 0. The number of nitrogens with zero attached hydrogens (tertiary/aromatic N) is 1. The third-order valence-electron chi connectivity index (χ3n) is 5.14. The SMILES string of the molecule is CCC(C)NC(=O)C(CC)N(CCc1ccccc1)C(=O)Cc1ccc(F)cc1. The van der Waals surface area contributed by atoms with Crippen molar-refractivity contribution in [2.24, 2.45) is 0 Å². The molecule has 2 rings (SSSR count). The van der Waals surface area contributed by atoms with Gasteiger partial charge in [-0.3, -0.25) is 9.59 Å². The summed E-state index contributed by atoms with van der Waals surface area (Å²) in [5, 5.41) is 3.00. The second kappa shape index (κ2) is 11.3. The number of halogens is 1. The van der Waals surface area contributed by atoms with Crippen LogP contribution in [0.25, 0.3) is 0 Å². The Hall–Kier alpha value is -2.69. The van der Waals surface area contributed by atoms with Gasteiger partial charge in [0.1, 0.15) is 11.9 Å². The smallest absolute Gasteiger partial charge is 0.243 e. The van der Waals surface area contributed by atoms with Gasteiger partial charge in [-0.05, 0) is 49.4 Å². The van der Waals surface area contributed by atoms with Crippen LogP contribution in [0.1, 0.15) is 44.7 Å². The maximum absolute atomic E-state index is 13.2. The van der Waals surface area contributed by atoms with Crippen LogP contribution in [0.15, 0.2) is 54.6 Å². The number of hydrogen-bond acceptors (Lipinski definition) is 2. The van der Waals surface area contributed by atoms with Crippen LogP contribution >= 0.6 is 0 Å². The first-order valence-electron chi connectivity index (χ1n) is 10.3. The van der Waals surface area contributed by atoms with Crippen LogP contribution in [-0.4, -0.2) is 35.3 Å². The summed E-state index contributed by atoms with van der Waals surface area (Å²) in [5.41, 5.74) is 1.85. The van der Waals surface area contributed by atoms with Crippen LogP contribution in [0.5, 0.6) is 0 Å². The van der Waals surface area contributed by atoms with Gasteiger partial charge in [-0.2, -0.15) is 0 Å². The van der Waals surface area contributed by atoms with E-state index in [1.54, 1.807) is 17.0 Å². The standard InChI is InChI=1S/C24H31FN2O2/c1-4-18(3)26-24(29)22(5-2)27(16-15-19-9-7-6-8-10-19)23(28)17-20-11-13-21(25)14-12-20/h6-14,18,22H,4-5,15-17H2,1-3H3,(H,26,29). The zero-order valence-corrected chi connectivity index (χ0v) is 17.5. The monoisotopic (exact) mass is 398 g/mol. The minimum atomic E-state index is -0.527. The van der Waals surface area contributed by atoms with Crippen LogP contribution in [0.3, 0.4) is 0 Å². The molecule has 29 heavy (non-hydrogen) atoms. The molecule has 0 fully saturated rings. The minimum Gasteiger partial charge on any atom is -0.352 e. The molecule has 2 amide bonds. The number of carbonyl (C=O) groups excluding carboxylic acids is 2. The lowest BCUT2D eigenvalue weighted by atomic mass is 10.1. The molecule has 0 aliphatic heterocycles. The molecule has 0 saturated carbocycles. The molecule has 2 atom stereocenters. The highest BCUT2D eigenvalue weighted by Crippen LogP contribution is 2.13. The normalized spacial score (nSPS) is 12.8. The van der Waals surface area contributed by atoms with E-state index >= 15 is 0 Å². The lowest BCUT2D eigenvalue weighted by Gasteiger charge is -2.31. The highest BCUT2D eigenvalue weighted by molar-refractivity contribution is 5.88. The topological polar surface area (TPSA) is 49.4 Å². The highest BCUT2D eigenvalue weighted by atomic mass is 19.1. The van der Waals surface area contributed by atoms with Gasteiger partial charge >= 0.3 is 0 Å². The lowest BCUT2D eigenvalue weighted by molar-refractivity contribution is -0.140. The highest BCUT2D eigenvalue weighted by Gasteiger charge is 2.28. The van der Waals surface area contributed by atoms with E-state index in [9.17, 15) is 14.0 Å². The van der Waals surface area contributed by atoms with Gasteiger partial charge in [0.2, 0.25) is 11.8 Å². The van der Waals surface area contributed by atoms with Gasteiger partial charge in [-0.1, -0.05) is 56.3 Å². The summed E-state index contributed by atoms with van der Waals surface area (Å²) in [6.45, 7) is 6.34. The molecule has 0 saturated heterocycles. The van der Waals surface area contributed by atoms with E-state index in [1.807, 2.05) is 51.1 Å². The third-order valence-corrected chi connectivity index (χ3v) is 5.14. The molecule has 5 heteroatoms. The van der Waals surface area contributed by atoms with E-state index in [-0.39, 0.29) is 30.1 Å². The zero-order chi connectivity index (χ0) is 21.2. The molecule has 0 radical (unpaired) electrons. The fourth-order valence-electron chi connectivity index (χ4n) is 3.22. The Morgan fingerprint density at radius 3 is 2.21 bits per heavy atom. The van der Waals surface area contributed by atoms with Crippen molar-refractivity contribution in [3.8, 4) is 0 Å². The molecule has 0 heterocycles. The Labute approximate surface area is 173 Å². The maximum Gasteiger partial charge on any atom is 0.243 e. The molecule has 2 unspecified atom stereocenters. The van der Waals surface area contributed by atoms with Crippen molar-refractivity contribution < 1.29 is 14.0 Å². The van der Waals surface area contributed by atoms with Crippen LogP contribution in [-0.2, 0) is 22.4 Å². The molecule has 0 aliphatic rings. The molecule has 4 nitrogen and oxygen atoms in total. The second-order valence-corrected chi connectivity index (χ2v) is 7.37. The second-order valence-electron chi connectivity index (χ2n) is 7.37. The first-order chi connectivity index (χ1) is 13.9. The Balaban J connectivity index is 2.18. The van der Waals surface area contributed by atoms with Crippen molar-refractivity contribution >= 4 is 11.8 Å². The third kappa shape index (κ3) is 7.00. The van der Waals surface area contributed by atoms with Gasteiger partial charge in [0.15, 0.2) is 0 Å². The van der Waals surface area contributed by atoms with Gasteiger partial charge in [0, 0.05) is 12.6 Å². The molecule has 2 aromatic carbocycles. The number of hydrogen-bond donors (Lipinski definition) is 1. The van der Waals surface area contributed by atoms with E-state index in [4.69, 9.17) is 0 Å². The zero-order valence-electron chi connectivity index (χ0n) is 17.5. The molecule has 0 bridgehead atoms. The van der Waals surface area contributed by atoms with Crippen molar-refractivity contribution in [2.75, 3.05) is 6.54 Å². The van der Waals surface area contributed by atoms with E-state index in [1.165, 1.54) is 12.1 Å². The van der Waals surface area contributed by atoms with E-state index < -0.39 is 6.04 Å². The van der Waals surface area contributed by atoms with Crippen molar-refractivity contribution in [1.29, 1.82) is 0 Å². The molecule has 0 aliphatic carbocycles. The summed E-state index contributed by atoms with van der Waals surface area (Å²) < 4.78 is 13.2. The number of carbonyl (C=O) groups is 2. The molecule has 0 spiro atoms. The largest absolute Gasteiger partial charge is 0.352 e. The van der Waals surface area contributed by atoms with Gasteiger partial charge in [0.25, 0.3) is 0 Å². The number of nitrogens with one attached hydrogen (secondary N) is 1. The average molecular weight is 399 g/mol. The predicted octanol–water partition coefficient (Wildman–Crippen LogP) is 4.13. The van der Waals surface area contributed by atoms with Crippen LogP contribution in [0.2, 0.25) is 0 Å². The summed E-state index contributed by atoms with van der Waals surface area (Å²) in [5.74, 6) is -0.581. The Morgan fingerprint density at radius 2 is 1.62 bits per heavy atom. The van der Waals surface area contributed by atoms with E-state index in [0.717, 1.165) is 17.5 Å². The average Bonchev–Trinajstić information content (AvgIpc) is 2.73. The van der Waals surface area contributed by atoms with E-state index in [2.05, 4.69) is 5.32 Å². The van der Waals surface area contributed by atoms with Crippen molar-refractivity contribution in [3.05, 3.63) is 71.5 Å². The van der Waals surface area contributed by atoms with Crippen LogP contribution < -0.4 is 5.32 Å². The molecule has 0 aromatic heterocycles. The predicted molar refractivity (Wildman–Crippen MR) is 114 cm³/mol. The van der Waals surface area contributed by atoms with Gasteiger partial charge in [0.05, 0.1) is 6.42 Å².